The van der Waals surface area contributed by atoms with Gasteiger partial charge in [-0.3, -0.25) is 4.98 Å². The van der Waals surface area contributed by atoms with Crippen molar-refractivity contribution < 1.29 is 4.74 Å². The molecule has 3 nitrogen and oxygen atoms in total. The highest BCUT2D eigenvalue weighted by Gasteiger charge is 2.09. The molecule has 0 fully saturated rings. The predicted molar refractivity (Wildman–Crippen MR) is 77.4 cm³/mol. The van der Waals surface area contributed by atoms with Gasteiger partial charge in [-0.1, -0.05) is 11.6 Å². The first-order valence-corrected chi connectivity index (χ1v) is 6.52. The summed E-state index contributed by atoms with van der Waals surface area (Å²) in [7, 11) is 0. The maximum absolute atomic E-state index is 5.98. The van der Waals surface area contributed by atoms with Crippen molar-refractivity contribution in [2.75, 3.05) is 0 Å². The average molecular weight is 277 g/mol. The highest BCUT2D eigenvalue weighted by Crippen LogP contribution is 2.27. The zero-order chi connectivity index (χ0) is 13.8. The van der Waals surface area contributed by atoms with Crippen LogP contribution in [0.2, 0.25) is 5.02 Å². The zero-order valence-electron chi connectivity index (χ0n) is 11.1. The summed E-state index contributed by atoms with van der Waals surface area (Å²) in [5.41, 5.74) is 8.98. The number of hydrogen-bond donors (Lipinski definition) is 1. The molecular formula is C15H17ClN2O. The van der Waals surface area contributed by atoms with E-state index in [-0.39, 0.29) is 6.04 Å². The van der Waals surface area contributed by atoms with Crippen LogP contribution in [0.1, 0.15) is 29.7 Å². The third-order valence-corrected chi connectivity index (χ3v) is 3.02. The lowest BCUT2D eigenvalue weighted by Gasteiger charge is -2.14. The van der Waals surface area contributed by atoms with Crippen molar-refractivity contribution in [1.82, 2.24) is 4.98 Å². The van der Waals surface area contributed by atoms with Crippen LogP contribution in [0.25, 0.3) is 0 Å². The number of pyridine rings is 1. The molecule has 0 spiro atoms. The second kappa shape index (κ2) is 6.04. The fourth-order valence-corrected chi connectivity index (χ4v) is 2.04. The summed E-state index contributed by atoms with van der Waals surface area (Å²) >= 11 is 5.98. The lowest BCUT2D eigenvalue weighted by molar-refractivity contribution is 0.301. The quantitative estimate of drug-likeness (QED) is 0.927. The maximum atomic E-state index is 5.98. The Bertz CT molecular complexity index is 570. The summed E-state index contributed by atoms with van der Waals surface area (Å²) in [5, 5.41) is 0.664. The van der Waals surface area contributed by atoms with Crippen LogP contribution >= 0.6 is 11.6 Å². The Balaban J connectivity index is 2.15. The second-order valence-corrected chi connectivity index (χ2v) is 5.07. The molecular weight excluding hydrogens is 260 g/mol. The van der Waals surface area contributed by atoms with Gasteiger partial charge < -0.3 is 10.5 Å². The maximum Gasteiger partial charge on any atom is 0.124 e. The van der Waals surface area contributed by atoms with Crippen molar-refractivity contribution in [3.8, 4) is 5.75 Å². The SMILES string of the molecule is Cc1cncc(COc2ccc(Cl)cc2[C@H](C)N)c1. The third kappa shape index (κ3) is 3.69. The molecule has 2 aromatic rings. The van der Waals surface area contributed by atoms with E-state index in [9.17, 15) is 0 Å². The first kappa shape index (κ1) is 13.8. The number of rotatable bonds is 4. The molecule has 100 valence electrons. The molecule has 0 unspecified atom stereocenters. The lowest BCUT2D eigenvalue weighted by atomic mass is 10.1. The Hall–Kier alpha value is -1.58. The number of halogens is 1. The number of hydrogen-bond acceptors (Lipinski definition) is 3. The molecule has 0 aliphatic heterocycles. The summed E-state index contributed by atoms with van der Waals surface area (Å²) < 4.78 is 5.82. The number of aryl methyl sites for hydroxylation is 1. The Morgan fingerprint density at radius 2 is 2.11 bits per heavy atom. The summed E-state index contributed by atoms with van der Waals surface area (Å²) in [4.78, 5) is 4.14. The van der Waals surface area contributed by atoms with Crippen LogP contribution in [0.15, 0.2) is 36.7 Å². The topological polar surface area (TPSA) is 48.1 Å². The molecule has 0 bridgehead atoms. The highest BCUT2D eigenvalue weighted by atomic mass is 35.5. The minimum Gasteiger partial charge on any atom is -0.489 e. The van der Waals surface area contributed by atoms with Crippen LogP contribution < -0.4 is 10.5 Å². The molecule has 4 heteroatoms. The fourth-order valence-electron chi connectivity index (χ4n) is 1.86. The van der Waals surface area contributed by atoms with Crippen LogP contribution in [0, 0.1) is 6.92 Å². The van der Waals surface area contributed by atoms with Gasteiger partial charge in [-0.15, -0.1) is 0 Å². The van der Waals surface area contributed by atoms with E-state index in [0.29, 0.717) is 11.6 Å². The van der Waals surface area contributed by atoms with Crippen molar-refractivity contribution in [3.05, 3.63) is 58.4 Å². The van der Waals surface area contributed by atoms with Gasteiger partial charge in [0.25, 0.3) is 0 Å². The van der Waals surface area contributed by atoms with E-state index in [2.05, 4.69) is 11.1 Å². The Morgan fingerprint density at radius 3 is 2.79 bits per heavy atom. The zero-order valence-corrected chi connectivity index (χ0v) is 11.8. The van der Waals surface area contributed by atoms with Gasteiger partial charge in [0.1, 0.15) is 12.4 Å². The summed E-state index contributed by atoms with van der Waals surface area (Å²) in [6, 6.07) is 7.43. The summed E-state index contributed by atoms with van der Waals surface area (Å²) in [6.07, 6.45) is 3.62. The summed E-state index contributed by atoms with van der Waals surface area (Å²) in [5.74, 6) is 0.765. The molecule has 1 heterocycles. The number of nitrogens with zero attached hydrogens (tertiary/aromatic N) is 1. The lowest BCUT2D eigenvalue weighted by Crippen LogP contribution is -2.08. The Morgan fingerprint density at radius 1 is 1.32 bits per heavy atom. The Kier molecular flexibility index (Phi) is 4.40. The Labute approximate surface area is 118 Å². The van der Waals surface area contributed by atoms with Crippen molar-refractivity contribution in [2.45, 2.75) is 26.5 Å². The molecule has 0 radical (unpaired) electrons. The van der Waals surface area contributed by atoms with E-state index in [1.54, 1.807) is 12.3 Å². The molecule has 0 saturated carbocycles. The third-order valence-electron chi connectivity index (χ3n) is 2.79. The van der Waals surface area contributed by atoms with E-state index in [1.807, 2.05) is 32.2 Å². The van der Waals surface area contributed by atoms with Crippen molar-refractivity contribution in [1.29, 1.82) is 0 Å². The van der Waals surface area contributed by atoms with Crippen LogP contribution in [0.4, 0.5) is 0 Å². The minimum atomic E-state index is -0.121. The van der Waals surface area contributed by atoms with Gasteiger partial charge in [-0.25, -0.2) is 0 Å². The molecule has 19 heavy (non-hydrogen) atoms. The minimum absolute atomic E-state index is 0.121. The van der Waals surface area contributed by atoms with E-state index in [0.717, 1.165) is 22.4 Å². The molecule has 1 atom stereocenters. The first-order valence-electron chi connectivity index (χ1n) is 6.14. The van der Waals surface area contributed by atoms with Gasteiger partial charge in [0, 0.05) is 34.6 Å². The predicted octanol–water partition coefficient (Wildman–Crippen LogP) is 3.64. The molecule has 2 rings (SSSR count). The summed E-state index contributed by atoms with van der Waals surface area (Å²) in [6.45, 7) is 4.38. The number of benzene rings is 1. The monoisotopic (exact) mass is 276 g/mol. The number of nitrogens with two attached hydrogens (primary N) is 1. The largest absolute Gasteiger partial charge is 0.489 e. The van der Waals surface area contributed by atoms with Gasteiger partial charge in [-0.2, -0.15) is 0 Å². The van der Waals surface area contributed by atoms with Crippen LogP contribution in [-0.4, -0.2) is 4.98 Å². The van der Waals surface area contributed by atoms with Gasteiger partial charge in [0.15, 0.2) is 0 Å². The van der Waals surface area contributed by atoms with E-state index < -0.39 is 0 Å². The molecule has 0 saturated heterocycles. The van der Waals surface area contributed by atoms with Gasteiger partial charge in [0.2, 0.25) is 0 Å². The van der Waals surface area contributed by atoms with E-state index >= 15 is 0 Å². The molecule has 1 aromatic carbocycles. The highest BCUT2D eigenvalue weighted by molar-refractivity contribution is 6.30. The standard InChI is InChI=1S/C15H17ClN2O/c1-10-5-12(8-18-7-10)9-19-15-4-3-13(16)6-14(15)11(2)17/h3-8,11H,9,17H2,1-2H3/t11-/m0/s1. The normalized spacial score (nSPS) is 12.2. The molecule has 2 N–H and O–H groups in total. The number of aromatic nitrogens is 1. The smallest absolute Gasteiger partial charge is 0.124 e. The van der Waals surface area contributed by atoms with Crippen molar-refractivity contribution in [3.63, 3.8) is 0 Å². The van der Waals surface area contributed by atoms with Crippen molar-refractivity contribution in [2.24, 2.45) is 5.73 Å². The van der Waals surface area contributed by atoms with Gasteiger partial charge in [0.05, 0.1) is 0 Å². The van der Waals surface area contributed by atoms with E-state index in [4.69, 9.17) is 22.1 Å². The van der Waals surface area contributed by atoms with Crippen LogP contribution in [0.3, 0.4) is 0 Å². The van der Waals surface area contributed by atoms with Gasteiger partial charge >= 0.3 is 0 Å². The van der Waals surface area contributed by atoms with Crippen molar-refractivity contribution >= 4 is 11.6 Å². The molecule has 0 aliphatic carbocycles. The molecule has 1 aromatic heterocycles. The van der Waals surface area contributed by atoms with Crippen LogP contribution in [-0.2, 0) is 6.61 Å². The number of ether oxygens (including phenoxy) is 1. The van der Waals surface area contributed by atoms with E-state index in [1.165, 1.54) is 0 Å². The average Bonchev–Trinajstić information content (AvgIpc) is 2.37. The molecule has 0 aliphatic rings. The molecule has 0 amide bonds. The second-order valence-electron chi connectivity index (χ2n) is 4.63. The first-order chi connectivity index (χ1) is 9.06. The van der Waals surface area contributed by atoms with Crippen LogP contribution in [0.5, 0.6) is 5.75 Å². The van der Waals surface area contributed by atoms with Gasteiger partial charge in [-0.05, 0) is 43.7 Å². The fraction of sp³-hybridized carbons (Fsp3) is 0.267.